The molecule has 1 aliphatic heterocycles. The summed E-state index contributed by atoms with van der Waals surface area (Å²) in [6, 6.07) is 5.85. The van der Waals surface area contributed by atoms with Gasteiger partial charge in [-0.15, -0.1) is 0 Å². The molecular formula is C13H17NO2. The maximum Gasteiger partial charge on any atom is 0.167 e. The van der Waals surface area contributed by atoms with Crippen molar-refractivity contribution in [3.63, 3.8) is 0 Å². The molecule has 0 unspecified atom stereocenters. The summed E-state index contributed by atoms with van der Waals surface area (Å²) < 4.78 is 5.61. The molecule has 1 aliphatic rings. The lowest BCUT2D eigenvalue weighted by atomic mass is 9.99. The van der Waals surface area contributed by atoms with Gasteiger partial charge >= 0.3 is 0 Å². The summed E-state index contributed by atoms with van der Waals surface area (Å²) in [5, 5.41) is 2.99. The Morgan fingerprint density at radius 2 is 2.38 bits per heavy atom. The maximum absolute atomic E-state index is 12.0. The molecule has 0 amide bonds. The first-order chi connectivity index (χ1) is 7.83. The molecule has 0 bridgehead atoms. The van der Waals surface area contributed by atoms with Crippen LogP contribution in [0.25, 0.3) is 0 Å². The van der Waals surface area contributed by atoms with Crippen molar-refractivity contribution in [3.05, 3.63) is 29.3 Å². The van der Waals surface area contributed by atoms with E-state index in [4.69, 9.17) is 4.74 Å². The Kier molecular flexibility index (Phi) is 3.57. The van der Waals surface area contributed by atoms with Gasteiger partial charge in [0.25, 0.3) is 0 Å². The SMILES string of the molecule is CNCCC(=O)c1cccc2c1OCCC2. The fraction of sp³-hybridized carbons (Fsp3) is 0.462. The highest BCUT2D eigenvalue weighted by Crippen LogP contribution is 2.29. The number of nitrogens with one attached hydrogen (secondary N) is 1. The molecule has 0 radical (unpaired) electrons. The van der Waals surface area contributed by atoms with E-state index in [2.05, 4.69) is 5.32 Å². The van der Waals surface area contributed by atoms with Crippen LogP contribution in [0, 0.1) is 0 Å². The number of aryl methyl sites for hydroxylation is 1. The topological polar surface area (TPSA) is 38.3 Å². The van der Waals surface area contributed by atoms with Gasteiger partial charge in [-0.05, 0) is 31.5 Å². The van der Waals surface area contributed by atoms with Crippen LogP contribution in [0.1, 0.15) is 28.8 Å². The van der Waals surface area contributed by atoms with E-state index in [0.29, 0.717) is 13.0 Å². The van der Waals surface area contributed by atoms with Gasteiger partial charge in [0.05, 0.1) is 12.2 Å². The number of para-hydroxylation sites is 1. The van der Waals surface area contributed by atoms with Crippen LogP contribution in [0.4, 0.5) is 0 Å². The quantitative estimate of drug-likeness (QED) is 0.785. The van der Waals surface area contributed by atoms with E-state index >= 15 is 0 Å². The average Bonchev–Trinajstić information content (AvgIpc) is 2.35. The van der Waals surface area contributed by atoms with Gasteiger partial charge in [-0.2, -0.15) is 0 Å². The van der Waals surface area contributed by atoms with E-state index in [1.807, 2.05) is 25.2 Å². The molecule has 3 heteroatoms. The molecule has 0 saturated carbocycles. The predicted octanol–water partition coefficient (Wildman–Crippen LogP) is 1.80. The number of hydrogen-bond donors (Lipinski definition) is 1. The van der Waals surface area contributed by atoms with E-state index < -0.39 is 0 Å². The molecule has 0 spiro atoms. The third-order valence-electron chi connectivity index (χ3n) is 2.84. The molecule has 0 atom stereocenters. The van der Waals surface area contributed by atoms with E-state index in [1.54, 1.807) is 0 Å². The van der Waals surface area contributed by atoms with Crippen LogP contribution in [0.5, 0.6) is 5.75 Å². The molecule has 1 aromatic rings. The summed E-state index contributed by atoms with van der Waals surface area (Å²) in [5.74, 6) is 0.975. The van der Waals surface area contributed by atoms with E-state index in [-0.39, 0.29) is 5.78 Å². The number of carbonyl (C=O) groups excluding carboxylic acids is 1. The van der Waals surface area contributed by atoms with Crippen LogP contribution in [-0.2, 0) is 6.42 Å². The number of ether oxygens (including phenoxy) is 1. The molecule has 16 heavy (non-hydrogen) atoms. The molecule has 0 aromatic heterocycles. The zero-order valence-electron chi connectivity index (χ0n) is 9.58. The maximum atomic E-state index is 12.0. The molecule has 1 heterocycles. The van der Waals surface area contributed by atoms with Crippen molar-refractivity contribution in [1.29, 1.82) is 0 Å². The van der Waals surface area contributed by atoms with Crippen molar-refractivity contribution >= 4 is 5.78 Å². The number of benzene rings is 1. The predicted molar refractivity (Wildman–Crippen MR) is 63.1 cm³/mol. The van der Waals surface area contributed by atoms with E-state index in [1.165, 1.54) is 5.56 Å². The summed E-state index contributed by atoms with van der Waals surface area (Å²) in [7, 11) is 1.85. The summed E-state index contributed by atoms with van der Waals surface area (Å²) in [6.07, 6.45) is 2.58. The van der Waals surface area contributed by atoms with Crippen molar-refractivity contribution in [2.45, 2.75) is 19.3 Å². The highest BCUT2D eigenvalue weighted by atomic mass is 16.5. The average molecular weight is 219 g/mol. The van der Waals surface area contributed by atoms with Crippen LogP contribution in [-0.4, -0.2) is 26.0 Å². The standard InChI is InChI=1S/C13H17NO2/c1-14-8-7-12(15)11-6-2-4-10-5-3-9-16-13(10)11/h2,4,6,14H,3,5,7-9H2,1H3. The third kappa shape index (κ3) is 2.25. The fourth-order valence-corrected chi connectivity index (χ4v) is 1.98. The van der Waals surface area contributed by atoms with Crippen LogP contribution in [0.15, 0.2) is 18.2 Å². The Balaban J connectivity index is 2.23. The first kappa shape index (κ1) is 11.1. The fourth-order valence-electron chi connectivity index (χ4n) is 1.98. The number of hydrogen-bond acceptors (Lipinski definition) is 3. The van der Waals surface area contributed by atoms with Crippen LogP contribution >= 0.6 is 0 Å². The molecule has 3 nitrogen and oxygen atoms in total. The van der Waals surface area contributed by atoms with Crippen molar-refractivity contribution in [2.75, 3.05) is 20.2 Å². The van der Waals surface area contributed by atoms with Crippen LogP contribution in [0.2, 0.25) is 0 Å². The minimum Gasteiger partial charge on any atom is -0.493 e. The van der Waals surface area contributed by atoms with E-state index in [0.717, 1.165) is 30.8 Å². The number of rotatable bonds is 4. The Morgan fingerprint density at radius 1 is 1.50 bits per heavy atom. The smallest absolute Gasteiger partial charge is 0.167 e. The van der Waals surface area contributed by atoms with Gasteiger partial charge in [0.15, 0.2) is 5.78 Å². The summed E-state index contributed by atoms with van der Waals surface area (Å²) in [6.45, 7) is 1.44. The van der Waals surface area contributed by atoms with Gasteiger partial charge in [-0.25, -0.2) is 0 Å². The summed E-state index contributed by atoms with van der Waals surface area (Å²) in [4.78, 5) is 12.0. The Hall–Kier alpha value is -1.35. The molecule has 2 rings (SSSR count). The zero-order chi connectivity index (χ0) is 11.4. The minimum atomic E-state index is 0.160. The summed E-state index contributed by atoms with van der Waals surface area (Å²) in [5.41, 5.74) is 1.91. The first-order valence-electron chi connectivity index (χ1n) is 5.75. The molecule has 0 aliphatic carbocycles. The molecular weight excluding hydrogens is 202 g/mol. The van der Waals surface area contributed by atoms with Crippen molar-refractivity contribution in [3.8, 4) is 5.75 Å². The zero-order valence-corrected chi connectivity index (χ0v) is 9.58. The lowest BCUT2D eigenvalue weighted by Crippen LogP contribution is -2.16. The Bertz CT molecular complexity index is 388. The number of carbonyl (C=O) groups is 1. The first-order valence-corrected chi connectivity index (χ1v) is 5.75. The van der Waals surface area contributed by atoms with Gasteiger partial charge in [-0.3, -0.25) is 4.79 Å². The molecule has 0 fully saturated rings. The Labute approximate surface area is 95.8 Å². The van der Waals surface area contributed by atoms with Gasteiger partial charge in [0.1, 0.15) is 5.75 Å². The minimum absolute atomic E-state index is 0.160. The van der Waals surface area contributed by atoms with Gasteiger partial charge in [-0.1, -0.05) is 12.1 Å². The largest absolute Gasteiger partial charge is 0.493 e. The number of Topliss-reactive ketones (excluding diaryl/α,β-unsaturated/α-hetero) is 1. The van der Waals surface area contributed by atoms with Gasteiger partial charge in [0, 0.05) is 13.0 Å². The second kappa shape index (κ2) is 5.12. The summed E-state index contributed by atoms with van der Waals surface area (Å²) >= 11 is 0. The molecule has 0 saturated heterocycles. The van der Waals surface area contributed by atoms with E-state index in [9.17, 15) is 4.79 Å². The van der Waals surface area contributed by atoms with Crippen molar-refractivity contribution in [2.24, 2.45) is 0 Å². The van der Waals surface area contributed by atoms with Crippen LogP contribution in [0.3, 0.4) is 0 Å². The van der Waals surface area contributed by atoms with Gasteiger partial charge in [0.2, 0.25) is 0 Å². The highest BCUT2D eigenvalue weighted by molar-refractivity contribution is 5.99. The molecule has 86 valence electrons. The van der Waals surface area contributed by atoms with Crippen molar-refractivity contribution in [1.82, 2.24) is 5.32 Å². The normalized spacial score (nSPS) is 14.1. The highest BCUT2D eigenvalue weighted by Gasteiger charge is 2.18. The lowest BCUT2D eigenvalue weighted by Gasteiger charge is -2.19. The Morgan fingerprint density at radius 3 is 3.19 bits per heavy atom. The number of ketones is 1. The number of fused-ring (bicyclic) bond motifs is 1. The third-order valence-corrected chi connectivity index (χ3v) is 2.84. The van der Waals surface area contributed by atoms with Crippen LogP contribution < -0.4 is 10.1 Å². The second-order valence-corrected chi connectivity index (χ2v) is 4.02. The monoisotopic (exact) mass is 219 g/mol. The second-order valence-electron chi connectivity index (χ2n) is 4.02. The molecule has 1 aromatic carbocycles. The lowest BCUT2D eigenvalue weighted by molar-refractivity contribution is 0.0978. The van der Waals surface area contributed by atoms with Gasteiger partial charge < -0.3 is 10.1 Å². The molecule has 1 N–H and O–H groups in total. The van der Waals surface area contributed by atoms with Crippen molar-refractivity contribution < 1.29 is 9.53 Å².